The lowest BCUT2D eigenvalue weighted by Crippen LogP contribution is -2.18. The van der Waals surface area contributed by atoms with Crippen LogP contribution in [0.5, 0.6) is 0 Å². The molecule has 3 nitrogen and oxygen atoms in total. The zero-order chi connectivity index (χ0) is 12.5. The fourth-order valence-electron chi connectivity index (χ4n) is 2.33. The quantitative estimate of drug-likeness (QED) is 0.515. The van der Waals surface area contributed by atoms with E-state index in [0.29, 0.717) is 16.6 Å². The van der Waals surface area contributed by atoms with Crippen LogP contribution >= 0.6 is 23.4 Å². The third kappa shape index (κ3) is 3.49. The zero-order valence-corrected chi connectivity index (χ0v) is 12.0. The van der Waals surface area contributed by atoms with Crippen molar-refractivity contribution < 1.29 is 0 Å². The van der Waals surface area contributed by atoms with Crippen LogP contribution in [0.1, 0.15) is 33.1 Å². The fraction of sp³-hybridized carbons (Fsp3) is 0.667. The van der Waals surface area contributed by atoms with Crippen molar-refractivity contribution in [3.05, 3.63) is 11.2 Å². The smallest absolute Gasteiger partial charge is 0.190 e. The summed E-state index contributed by atoms with van der Waals surface area (Å²) in [4.78, 5) is 8.55. The van der Waals surface area contributed by atoms with Gasteiger partial charge in [-0.05, 0) is 30.9 Å². The van der Waals surface area contributed by atoms with Gasteiger partial charge >= 0.3 is 0 Å². The number of aromatic nitrogens is 2. The van der Waals surface area contributed by atoms with Crippen LogP contribution in [0.4, 0.5) is 5.82 Å². The van der Waals surface area contributed by atoms with E-state index in [1.54, 1.807) is 6.07 Å². The maximum absolute atomic E-state index is 5.97. The van der Waals surface area contributed by atoms with Crippen molar-refractivity contribution in [2.45, 2.75) is 44.3 Å². The number of nitrogens with one attached hydrogen (secondary N) is 1. The summed E-state index contributed by atoms with van der Waals surface area (Å²) < 4.78 is 0. The van der Waals surface area contributed by atoms with Crippen molar-refractivity contribution in [2.75, 3.05) is 11.6 Å². The first-order valence-corrected chi connectivity index (χ1v) is 7.44. The Kier molecular flexibility index (Phi) is 3.83. The van der Waals surface area contributed by atoms with Crippen molar-refractivity contribution >= 4 is 29.2 Å². The molecule has 0 saturated heterocycles. The van der Waals surface area contributed by atoms with Crippen LogP contribution in [-0.2, 0) is 0 Å². The molecule has 1 atom stereocenters. The lowest BCUT2D eigenvalue weighted by atomic mass is 9.92. The van der Waals surface area contributed by atoms with Gasteiger partial charge in [-0.15, -0.1) is 0 Å². The highest BCUT2D eigenvalue weighted by atomic mass is 35.5. The molecule has 0 aromatic carbocycles. The van der Waals surface area contributed by atoms with E-state index in [1.807, 2.05) is 6.26 Å². The standard InChI is InChI=1S/C12H18ClN3S/c1-12(2)5-4-8(7-12)14-10-6-9(13)15-11(16-10)17-3/h6,8H,4-5,7H2,1-3H3,(H,14,15,16). The second kappa shape index (κ2) is 5.02. The average molecular weight is 272 g/mol. The molecule has 1 unspecified atom stereocenters. The van der Waals surface area contributed by atoms with Gasteiger partial charge in [0.2, 0.25) is 0 Å². The Labute approximate surface area is 112 Å². The maximum Gasteiger partial charge on any atom is 0.190 e. The Morgan fingerprint density at radius 1 is 1.47 bits per heavy atom. The molecule has 17 heavy (non-hydrogen) atoms. The van der Waals surface area contributed by atoms with E-state index in [9.17, 15) is 0 Å². The lowest BCUT2D eigenvalue weighted by molar-refractivity contribution is 0.378. The Hall–Kier alpha value is -0.480. The summed E-state index contributed by atoms with van der Waals surface area (Å²) in [6.45, 7) is 4.63. The molecule has 0 spiro atoms. The van der Waals surface area contributed by atoms with Gasteiger partial charge < -0.3 is 5.32 Å². The van der Waals surface area contributed by atoms with Crippen LogP contribution in [0.2, 0.25) is 5.15 Å². The third-order valence-electron chi connectivity index (χ3n) is 3.18. The molecule has 0 amide bonds. The maximum atomic E-state index is 5.97. The second-order valence-corrected chi connectivity index (χ2v) is 6.47. The Morgan fingerprint density at radius 2 is 2.24 bits per heavy atom. The molecular weight excluding hydrogens is 254 g/mol. The molecule has 0 aliphatic heterocycles. The van der Waals surface area contributed by atoms with E-state index in [-0.39, 0.29) is 0 Å². The monoisotopic (exact) mass is 271 g/mol. The van der Waals surface area contributed by atoms with Crippen LogP contribution in [-0.4, -0.2) is 22.3 Å². The van der Waals surface area contributed by atoms with E-state index >= 15 is 0 Å². The number of rotatable bonds is 3. The molecule has 2 rings (SSSR count). The third-order valence-corrected chi connectivity index (χ3v) is 3.92. The Morgan fingerprint density at radius 3 is 2.82 bits per heavy atom. The molecule has 0 radical (unpaired) electrons. The minimum atomic E-state index is 0.441. The van der Waals surface area contributed by atoms with E-state index in [2.05, 4.69) is 29.1 Å². The van der Waals surface area contributed by atoms with Gasteiger partial charge in [0.1, 0.15) is 11.0 Å². The van der Waals surface area contributed by atoms with Gasteiger partial charge in [-0.3, -0.25) is 0 Å². The normalized spacial score (nSPS) is 22.7. The van der Waals surface area contributed by atoms with Crippen LogP contribution in [0.15, 0.2) is 11.2 Å². The fourth-order valence-corrected chi connectivity index (χ4v) is 2.94. The molecule has 1 aromatic heterocycles. The number of anilines is 1. The molecule has 1 heterocycles. The second-order valence-electron chi connectivity index (χ2n) is 5.31. The molecule has 1 aliphatic carbocycles. The Balaban J connectivity index is 2.06. The summed E-state index contributed by atoms with van der Waals surface area (Å²) in [7, 11) is 0. The van der Waals surface area contributed by atoms with Gasteiger partial charge in [0, 0.05) is 12.1 Å². The highest BCUT2D eigenvalue weighted by Crippen LogP contribution is 2.38. The number of nitrogens with zero attached hydrogens (tertiary/aromatic N) is 2. The molecule has 1 aliphatic rings. The predicted molar refractivity (Wildman–Crippen MR) is 73.9 cm³/mol. The Bertz CT molecular complexity index is 409. The van der Waals surface area contributed by atoms with Crippen molar-refractivity contribution in [2.24, 2.45) is 5.41 Å². The van der Waals surface area contributed by atoms with Gasteiger partial charge in [0.15, 0.2) is 5.16 Å². The van der Waals surface area contributed by atoms with Gasteiger partial charge in [-0.25, -0.2) is 9.97 Å². The van der Waals surface area contributed by atoms with Crippen LogP contribution < -0.4 is 5.32 Å². The molecule has 0 bridgehead atoms. The SMILES string of the molecule is CSc1nc(Cl)cc(NC2CCC(C)(C)C2)n1. The molecule has 1 fully saturated rings. The molecule has 1 aromatic rings. The van der Waals surface area contributed by atoms with Crippen LogP contribution in [0.25, 0.3) is 0 Å². The highest BCUT2D eigenvalue weighted by Gasteiger charge is 2.30. The summed E-state index contributed by atoms with van der Waals surface area (Å²) in [6, 6.07) is 2.30. The first-order valence-electron chi connectivity index (χ1n) is 5.84. The van der Waals surface area contributed by atoms with Crippen molar-refractivity contribution in [1.29, 1.82) is 0 Å². The van der Waals surface area contributed by atoms with Crippen LogP contribution in [0.3, 0.4) is 0 Å². The summed E-state index contributed by atoms with van der Waals surface area (Å²) >= 11 is 7.47. The van der Waals surface area contributed by atoms with Gasteiger partial charge in [0.25, 0.3) is 0 Å². The minimum absolute atomic E-state index is 0.441. The number of thioether (sulfide) groups is 1. The molecule has 1 saturated carbocycles. The zero-order valence-electron chi connectivity index (χ0n) is 10.5. The average Bonchev–Trinajstić information content (AvgIpc) is 2.57. The van der Waals surface area contributed by atoms with E-state index in [1.165, 1.54) is 31.0 Å². The number of hydrogen-bond acceptors (Lipinski definition) is 4. The molecular formula is C12H18ClN3S. The van der Waals surface area contributed by atoms with Gasteiger partial charge in [0.05, 0.1) is 0 Å². The summed E-state index contributed by atoms with van der Waals surface area (Å²) in [6.07, 6.45) is 5.60. The first-order chi connectivity index (χ1) is 7.98. The van der Waals surface area contributed by atoms with Gasteiger partial charge in [-0.2, -0.15) is 0 Å². The summed E-state index contributed by atoms with van der Waals surface area (Å²) in [5.41, 5.74) is 0.441. The molecule has 94 valence electrons. The van der Waals surface area contributed by atoms with Crippen molar-refractivity contribution in [3.8, 4) is 0 Å². The minimum Gasteiger partial charge on any atom is -0.367 e. The van der Waals surface area contributed by atoms with Crippen molar-refractivity contribution in [3.63, 3.8) is 0 Å². The van der Waals surface area contributed by atoms with E-state index < -0.39 is 0 Å². The van der Waals surface area contributed by atoms with E-state index in [0.717, 1.165) is 11.0 Å². The topological polar surface area (TPSA) is 37.8 Å². The lowest BCUT2D eigenvalue weighted by Gasteiger charge is -2.18. The van der Waals surface area contributed by atoms with Crippen molar-refractivity contribution in [1.82, 2.24) is 9.97 Å². The summed E-state index contributed by atoms with van der Waals surface area (Å²) in [5, 5.41) is 4.69. The summed E-state index contributed by atoms with van der Waals surface area (Å²) in [5.74, 6) is 0.844. The molecule has 5 heteroatoms. The first kappa shape index (κ1) is 13.0. The van der Waals surface area contributed by atoms with Crippen LogP contribution in [0, 0.1) is 5.41 Å². The predicted octanol–water partition coefficient (Wildman–Crippen LogP) is 3.84. The largest absolute Gasteiger partial charge is 0.367 e. The number of halogens is 1. The van der Waals surface area contributed by atoms with E-state index in [4.69, 9.17) is 11.6 Å². The molecule has 1 N–H and O–H groups in total. The number of hydrogen-bond donors (Lipinski definition) is 1. The highest BCUT2D eigenvalue weighted by molar-refractivity contribution is 7.98. The van der Waals surface area contributed by atoms with Gasteiger partial charge in [-0.1, -0.05) is 37.2 Å².